The zero-order valence-electron chi connectivity index (χ0n) is 11.3. The van der Waals surface area contributed by atoms with Gasteiger partial charge in [-0.3, -0.25) is 0 Å². The van der Waals surface area contributed by atoms with E-state index in [-0.39, 0.29) is 0 Å². The highest BCUT2D eigenvalue weighted by atomic mass is 32.1. The lowest BCUT2D eigenvalue weighted by molar-refractivity contribution is 0.194. The summed E-state index contributed by atoms with van der Waals surface area (Å²) in [5.41, 5.74) is 1.28. The average Bonchev–Trinajstić information content (AvgIpc) is 2.65. The second-order valence-corrected chi connectivity index (χ2v) is 5.50. The second-order valence-electron chi connectivity index (χ2n) is 4.30. The third-order valence-corrected chi connectivity index (χ3v) is 4.16. The summed E-state index contributed by atoms with van der Waals surface area (Å²) < 4.78 is 5.06. The summed E-state index contributed by atoms with van der Waals surface area (Å²) >= 11 is 1.74. The molecule has 1 N–H and O–H groups in total. The van der Waals surface area contributed by atoms with Crippen LogP contribution in [0.4, 0.5) is 5.82 Å². The molecule has 0 aliphatic carbocycles. The van der Waals surface area contributed by atoms with Gasteiger partial charge in [-0.15, -0.1) is 11.3 Å². The van der Waals surface area contributed by atoms with E-state index in [1.165, 1.54) is 10.4 Å². The molecular weight excluding hydrogens is 246 g/mol. The Bertz CT molecular complexity index is 551. The fourth-order valence-corrected chi connectivity index (χ4v) is 3.01. The van der Waals surface area contributed by atoms with E-state index < -0.39 is 0 Å². The summed E-state index contributed by atoms with van der Waals surface area (Å²) in [6.07, 6.45) is 1.81. The summed E-state index contributed by atoms with van der Waals surface area (Å²) in [6.45, 7) is 5.01. The van der Waals surface area contributed by atoms with E-state index in [0.717, 1.165) is 41.3 Å². The Morgan fingerprint density at radius 1 is 1.28 bits per heavy atom. The summed E-state index contributed by atoms with van der Waals surface area (Å²) in [4.78, 5) is 11.6. The van der Waals surface area contributed by atoms with Gasteiger partial charge >= 0.3 is 0 Å². The number of ether oxygens (including phenoxy) is 1. The first-order valence-corrected chi connectivity index (χ1v) is 6.92. The lowest BCUT2D eigenvalue weighted by Gasteiger charge is -2.06. The molecule has 5 heteroatoms. The molecule has 0 spiro atoms. The van der Waals surface area contributed by atoms with Crippen molar-refractivity contribution < 1.29 is 4.74 Å². The predicted molar refractivity (Wildman–Crippen MR) is 76.6 cm³/mol. The van der Waals surface area contributed by atoms with E-state index in [1.54, 1.807) is 18.4 Å². The Morgan fingerprint density at radius 2 is 2.06 bits per heavy atom. The number of hydrogen-bond acceptors (Lipinski definition) is 5. The maximum atomic E-state index is 5.06. The van der Waals surface area contributed by atoms with Crippen LogP contribution >= 0.6 is 11.3 Å². The lowest BCUT2D eigenvalue weighted by atomic mass is 10.2. The van der Waals surface area contributed by atoms with E-state index in [2.05, 4.69) is 29.1 Å². The van der Waals surface area contributed by atoms with Gasteiger partial charge in [0, 0.05) is 32.1 Å². The number of fused-ring (bicyclic) bond motifs is 1. The Morgan fingerprint density at radius 3 is 2.72 bits per heavy atom. The van der Waals surface area contributed by atoms with Crippen molar-refractivity contribution in [3.63, 3.8) is 0 Å². The molecule has 0 aliphatic rings. The van der Waals surface area contributed by atoms with E-state index in [1.807, 2.05) is 7.05 Å². The van der Waals surface area contributed by atoms with Crippen molar-refractivity contribution >= 4 is 27.4 Å². The maximum Gasteiger partial charge on any atom is 0.138 e. The van der Waals surface area contributed by atoms with Crippen molar-refractivity contribution in [2.24, 2.45) is 0 Å². The number of anilines is 1. The van der Waals surface area contributed by atoms with Crippen molar-refractivity contribution in [2.75, 3.05) is 26.1 Å². The minimum Gasteiger partial charge on any atom is -0.385 e. The lowest BCUT2D eigenvalue weighted by Crippen LogP contribution is -2.02. The number of nitrogens with zero attached hydrogens (tertiary/aromatic N) is 2. The van der Waals surface area contributed by atoms with Crippen LogP contribution in [0.25, 0.3) is 10.2 Å². The molecule has 4 nitrogen and oxygen atoms in total. The number of aromatic nitrogens is 2. The van der Waals surface area contributed by atoms with Crippen LogP contribution in [0.2, 0.25) is 0 Å². The smallest absolute Gasteiger partial charge is 0.138 e. The van der Waals surface area contributed by atoms with Gasteiger partial charge in [0.05, 0.1) is 5.39 Å². The van der Waals surface area contributed by atoms with Gasteiger partial charge in [0.25, 0.3) is 0 Å². The first-order chi connectivity index (χ1) is 8.67. The van der Waals surface area contributed by atoms with Crippen molar-refractivity contribution in [3.8, 4) is 0 Å². The quantitative estimate of drug-likeness (QED) is 0.844. The first-order valence-electron chi connectivity index (χ1n) is 6.10. The topological polar surface area (TPSA) is 47.0 Å². The first kappa shape index (κ1) is 13.2. The molecule has 0 atom stereocenters. The highest BCUT2D eigenvalue weighted by molar-refractivity contribution is 7.18. The number of nitrogens with one attached hydrogen (secondary N) is 1. The van der Waals surface area contributed by atoms with Crippen LogP contribution < -0.4 is 5.32 Å². The fraction of sp³-hybridized carbons (Fsp3) is 0.538. The zero-order valence-corrected chi connectivity index (χ0v) is 12.1. The Balaban J connectivity index is 2.40. The molecule has 18 heavy (non-hydrogen) atoms. The van der Waals surface area contributed by atoms with Gasteiger partial charge in [-0.05, 0) is 25.8 Å². The number of methoxy groups -OCH3 is 1. The molecule has 2 aromatic heterocycles. The standard InChI is InChI=1S/C13H19N3OS/c1-8-9(2)18-13-11(8)12(14-3)15-10(16-13)6-5-7-17-4/h5-7H2,1-4H3,(H,14,15,16). The number of aryl methyl sites for hydroxylation is 3. The zero-order chi connectivity index (χ0) is 13.1. The Labute approximate surface area is 111 Å². The Kier molecular flexibility index (Phi) is 4.14. The van der Waals surface area contributed by atoms with Crippen molar-refractivity contribution in [1.82, 2.24) is 9.97 Å². The highest BCUT2D eigenvalue weighted by Gasteiger charge is 2.13. The van der Waals surface area contributed by atoms with Crippen LogP contribution in [0.3, 0.4) is 0 Å². The molecule has 0 saturated heterocycles. The number of hydrogen-bond donors (Lipinski definition) is 1. The van der Waals surface area contributed by atoms with E-state index >= 15 is 0 Å². The molecular formula is C13H19N3OS. The van der Waals surface area contributed by atoms with Crippen molar-refractivity contribution in [3.05, 3.63) is 16.3 Å². The molecule has 98 valence electrons. The van der Waals surface area contributed by atoms with Crippen LogP contribution in [0.5, 0.6) is 0 Å². The highest BCUT2D eigenvalue weighted by Crippen LogP contribution is 2.33. The van der Waals surface area contributed by atoms with Crippen LogP contribution in [-0.4, -0.2) is 30.7 Å². The molecule has 0 radical (unpaired) electrons. The van der Waals surface area contributed by atoms with Gasteiger partial charge in [0.1, 0.15) is 16.5 Å². The van der Waals surface area contributed by atoms with Gasteiger partial charge in [0.15, 0.2) is 0 Å². The summed E-state index contributed by atoms with van der Waals surface area (Å²) in [5.74, 6) is 1.83. The van der Waals surface area contributed by atoms with Crippen LogP contribution in [-0.2, 0) is 11.2 Å². The van der Waals surface area contributed by atoms with Gasteiger partial charge in [-0.25, -0.2) is 9.97 Å². The summed E-state index contributed by atoms with van der Waals surface area (Å²) in [7, 11) is 3.63. The summed E-state index contributed by atoms with van der Waals surface area (Å²) in [6, 6.07) is 0. The molecule has 0 aliphatic heterocycles. The second kappa shape index (κ2) is 5.63. The predicted octanol–water partition coefficient (Wildman–Crippen LogP) is 2.93. The Hall–Kier alpha value is -1.20. The van der Waals surface area contributed by atoms with E-state index in [9.17, 15) is 0 Å². The molecule has 0 amide bonds. The third kappa shape index (κ3) is 2.47. The number of rotatable bonds is 5. The third-order valence-electron chi connectivity index (χ3n) is 3.06. The van der Waals surface area contributed by atoms with Crippen molar-refractivity contribution in [2.45, 2.75) is 26.7 Å². The van der Waals surface area contributed by atoms with Gasteiger partial charge in [-0.2, -0.15) is 0 Å². The minimum absolute atomic E-state index is 0.749. The molecule has 2 aromatic rings. The average molecular weight is 265 g/mol. The molecule has 2 heterocycles. The van der Waals surface area contributed by atoms with Gasteiger partial charge in [-0.1, -0.05) is 0 Å². The maximum absolute atomic E-state index is 5.06. The fourth-order valence-electron chi connectivity index (χ4n) is 1.96. The number of thiophene rings is 1. The van der Waals surface area contributed by atoms with Crippen LogP contribution in [0.15, 0.2) is 0 Å². The van der Waals surface area contributed by atoms with Crippen LogP contribution in [0.1, 0.15) is 22.7 Å². The molecule has 0 saturated carbocycles. The minimum atomic E-state index is 0.749. The largest absolute Gasteiger partial charge is 0.385 e. The van der Waals surface area contributed by atoms with E-state index in [0.29, 0.717) is 0 Å². The monoisotopic (exact) mass is 265 g/mol. The molecule has 0 bridgehead atoms. The van der Waals surface area contributed by atoms with E-state index in [4.69, 9.17) is 4.74 Å². The SMILES string of the molecule is CNc1nc(CCCOC)nc2sc(C)c(C)c12. The van der Waals surface area contributed by atoms with Gasteiger partial charge in [0.2, 0.25) is 0 Å². The molecule has 0 fully saturated rings. The van der Waals surface area contributed by atoms with Crippen LogP contribution in [0, 0.1) is 13.8 Å². The summed E-state index contributed by atoms with van der Waals surface area (Å²) in [5, 5.41) is 4.34. The molecule has 2 rings (SSSR count). The van der Waals surface area contributed by atoms with Crippen molar-refractivity contribution in [1.29, 1.82) is 0 Å². The normalized spacial score (nSPS) is 11.1. The molecule has 0 aromatic carbocycles. The molecule has 0 unspecified atom stereocenters. The van der Waals surface area contributed by atoms with Gasteiger partial charge < -0.3 is 10.1 Å².